The number of rotatable bonds is 2. The van der Waals surface area contributed by atoms with Gasteiger partial charge in [0.15, 0.2) is 5.79 Å². The zero-order valence-electron chi connectivity index (χ0n) is 21.3. The van der Waals surface area contributed by atoms with Gasteiger partial charge in [0.25, 0.3) is 0 Å². The normalized spacial score (nSPS) is 41.8. The molecular formula is C30H39NO4. The molecule has 4 aliphatic carbocycles. The number of allylic oxidation sites excluding steroid dienone is 1. The number of fused-ring (bicyclic) bond motifs is 4. The lowest BCUT2D eigenvalue weighted by molar-refractivity contribution is -0.208. The Hall–Kier alpha value is -1.84. The molecule has 1 unspecified atom stereocenters. The van der Waals surface area contributed by atoms with E-state index in [1.165, 1.54) is 22.4 Å². The van der Waals surface area contributed by atoms with Crippen LogP contribution >= 0.6 is 0 Å². The second-order valence-corrected chi connectivity index (χ2v) is 12.2. The van der Waals surface area contributed by atoms with Gasteiger partial charge >= 0.3 is 0 Å². The van der Waals surface area contributed by atoms with Crippen LogP contribution in [0.2, 0.25) is 0 Å². The summed E-state index contributed by atoms with van der Waals surface area (Å²) < 4.78 is 12.1. The predicted octanol–water partition coefficient (Wildman–Crippen LogP) is 4.39. The molecule has 4 fully saturated rings. The molecular weight excluding hydrogens is 438 g/mol. The van der Waals surface area contributed by atoms with Gasteiger partial charge in [0.2, 0.25) is 0 Å². The molecule has 5 aliphatic rings. The fraction of sp³-hybridized carbons (Fsp3) is 0.667. The zero-order valence-corrected chi connectivity index (χ0v) is 21.3. The molecule has 1 aromatic rings. The fourth-order valence-corrected chi connectivity index (χ4v) is 8.56. The summed E-state index contributed by atoms with van der Waals surface area (Å²) in [6.45, 7) is 3.44. The molecule has 3 saturated carbocycles. The monoisotopic (exact) mass is 477 g/mol. The van der Waals surface area contributed by atoms with Crippen LogP contribution < -0.4 is 4.90 Å². The molecule has 0 amide bonds. The van der Waals surface area contributed by atoms with Gasteiger partial charge in [0.1, 0.15) is 5.60 Å². The Morgan fingerprint density at radius 1 is 1.03 bits per heavy atom. The van der Waals surface area contributed by atoms with Gasteiger partial charge in [-0.25, -0.2) is 0 Å². The summed E-state index contributed by atoms with van der Waals surface area (Å²) in [6.07, 6.45) is 12.1. The lowest BCUT2D eigenvalue weighted by atomic mass is 9.49. The maximum Gasteiger partial charge on any atom is 0.171 e. The van der Waals surface area contributed by atoms with E-state index in [1.54, 1.807) is 0 Å². The van der Waals surface area contributed by atoms with Crippen LogP contribution in [0.25, 0.3) is 0 Å². The van der Waals surface area contributed by atoms with Crippen molar-refractivity contribution in [3.63, 3.8) is 0 Å². The second kappa shape index (κ2) is 7.83. The molecule has 1 spiro atoms. The standard InChI is InChI=1S/C30H39NO4/c1-5-29(33)14-11-24-22-10-13-28(32)19-30(34-16-17-35-30)15-12-25(28)26(22)23(18-27(24,29)2)20-6-8-21(9-7-20)31(3)4/h1,6-9,22-24,32-33H,10-19H2,2-4H3/t22?,23-,24+,27-,28-,29-/m1/s1. The third-order valence-electron chi connectivity index (χ3n) is 10.4. The molecule has 6 rings (SSSR count). The van der Waals surface area contributed by atoms with Crippen molar-refractivity contribution in [2.24, 2.45) is 17.3 Å². The molecule has 35 heavy (non-hydrogen) atoms. The summed E-state index contributed by atoms with van der Waals surface area (Å²) in [6, 6.07) is 8.83. The first-order valence-electron chi connectivity index (χ1n) is 13.3. The van der Waals surface area contributed by atoms with Gasteiger partial charge in [-0.1, -0.05) is 30.6 Å². The Bertz CT molecular complexity index is 1080. The number of anilines is 1. The van der Waals surface area contributed by atoms with Crippen LogP contribution in [-0.4, -0.2) is 54.5 Å². The highest BCUT2D eigenvalue weighted by atomic mass is 16.7. The molecule has 5 heteroatoms. The average molecular weight is 478 g/mol. The molecule has 1 heterocycles. The van der Waals surface area contributed by atoms with Crippen molar-refractivity contribution in [2.45, 2.75) is 81.2 Å². The summed E-state index contributed by atoms with van der Waals surface area (Å²) in [4.78, 5) is 2.11. The van der Waals surface area contributed by atoms with Gasteiger partial charge in [0, 0.05) is 44.0 Å². The SMILES string of the molecule is C#C[C@@]1(O)CC[C@H]2C3CC[C@@]4(O)CC5(CCC4=C3[C@@H](c3ccc(N(C)C)cc3)C[C@]21C)OCCO5. The number of hydrogen-bond donors (Lipinski definition) is 2. The summed E-state index contributed by atoms with van der Waals surface area (Å²) >= 11 is 0. The van der Waals surface area contributed by atoms with Crippen LogP contribution in [0.3, 0.4) is 0 Å². The first kappa shape index (κ1) is 23.6. The number of ether oxygens (including phenoxy) is 2. The zero-order chi connectivity index (χ0) is 24.6. The van der Waals surface area contributed by atoms with E-state index in [2.05, 4.69) is 56.1 Å². The van der Waals surface area contributed by atoms with Crippen LogP contribution in [0.5, 0.6) is 0 Å². The van der Waals surface area contributed by atoms with Crippen molar-refractivity contribution < 1.29 is 19.7 Å². The number of benzene rings is 1. The van der Waals surface area contributed by atoms with Crippen molar-refractivity contribution in [1.82, 2.24) is 0 Å². The van der Waals surface area contributed by atoms with Crippen LogP contribution in [0.1, 0.15) is 69.8 Å². The molecule has 2 N–H and O–H groups in total. The highest BCUT2D eigenvalue weighted by Gasteiger charge is 2.64. The van der Waals surface area contributed by atoms with E-state index in [1.807, 2.05) is 0 Å². The van der Waals surface area contributed by atoms with E-state index in [0.717, 1.165) is 38.5 Å². The molecule has 0 radical (unpaired) electrons. The molecule has 0 aromatic heterocycles. The Kier molecular flexibility index (Phi) is 5.27. The van der Waals surface area contributed by atoms with E-state index in [4.69, 9.17) is 15.9 Å². The molecule has 5 nitrogen and oxygen atoms in total. The lowest BCUT2D eigenvalue weighted by Crippen LogP contribution is -2.55. The van der Waals surface area contributed by atoms with Gasteiger partial charge in [0.05, 0.1) is 18.8 Å². The Labute approximate surface area is 209 Å². The van der Waals surface area contributed by atoms with E-state index >= 15 is 0 Å². The maximum absolute atomic E-state index is 12.1. The van der Waals surface area contributed by atoms with Crippen molar-refractivity contribution >= 4 is 5.69 Å². The fourth-order valence-electron chi connectivity index (χ4n) is 8.56. The largest absolute Gasteiger partial charge is 0.385 e. The van der Waals surface area contributed by atoms with E-state index in [-0.39, 0.29) is 11.3 Å². The van der Waals surface area contributed by atoms with E-state index in [0.29, 0.717) is 37.9 Å². The Morgan fingerprint density at radius 2 is 1.74 bits per heavy atom. The van der Waals surface area contributed by atoms with Crippen molar-refractivity contribution in [3.8, 4) is 12.3 Å². The van der Waals surface area contributed by atoms with Crippen LogP contribution in [0.15, 0.2) is 35.4 Å². The molecule has 1 saturated heterocycles. The van der Waals surface area contributed by atoms with Gasteiger partial charge in [-0.3, -0.25) is 0 Å². The molecule has 6 atom stereocenters. The molecule has 0 bridgehead atoms. The Balaban J connectivity index is 1.48. The van der Waals surface area contributed by atoms with Gasteiger partial charge in [-0.2, -0.15) is 0 Å². The smallest absolute Gasteiger partial charge is 0.171 e. The second-order valence-electron chi connectivity index (χ2n) is 12.2. The number of nitrogens with zero attached hydrogens (tertiary/aromatic N) is 1. The number of aliphatic hydroxyl groups is 2. The topological polar surface area (TPSA) is 62.2 Å². The minimum absolute atomic E-state index is 0.136. The Morgan fingerprint density at radius 3 is 2.40 bits per heavy atom. The highest BCUT2D eigenvalue weighted by molar-refractivity contribution is 5.50. The van der Waals surface area contributed by atoms with Gasteiger partial charge in [-0.05, 0) is 73.6 Å². The molecule has 188 valence electrons. The molecule has 1 aliphatic heterocycles. The third-order valence-corrected chi connectivity index (χ3v) is 10.4. The van der Waals surface area contributed by atoms with Crippen LogP contribution in [-0.2, 0) is 9.47 Å². The van der Waals surface area contributed by atoms with Crippen LogP contribution in [0, 0.1) is 29.6 Å². The summed E-state index contributed by atoms with van der Waals surface area (Å²) in [5, 5.41) is 23.7. The van der Waals surface area contributed by atoms with Crippen molar-refractivity contribution in [2.75, 3.05) is 32.2 Å². The minimum Gasteiger partial charge on any atom is -0.385 e. The maximum atomic E-state index is 12.1. The van der Waals surface area contributed by atoms with E-state index < -0.39 is 17.0 Å². The molecule has 1 aromatic carbocycles. The lowest BCUT2D eigenvalue weighted by Gasteiger charge is -2.57. The first-order chi connectivity index (χ1) is 16.6. The summed E-state index contributed by atoms with van der Waals surface area (Å²) in [5.74, 6) is 3.00. The van der Waals surface area contributed by atoms with Gasteiger partial charge < -0.3 is 24.6 Å². The highest BCUT2D eigenvalue weighted by Crippen LogP contribution is 2.67. The minimum atomic E-state index is -1.08. The van der Waals surface area contributed by atoms with Gasteiger partial charge in [-0.15, -0.1) is 6.42 Å². The van der Waals surface area contributed by atoms with Crippen LogP contribution in [0.4, 0.5) is 5.69 Å². The number of hydrogen-bond acceptors (Lipinski definition) is 5. The number of terminal acetylenes is 1. The third kappa shape index (κ3) is 3.30. The van der Waals surface area contributed by atoms with Crippen molar-refractivity contribution in [3.05, 3.63) is 41.0 Å². The van der Waals surface area contributed by atoms with E-state index in [9.17, 15) is 10.2 Å². The quantitative estimate of drug-likeness (QED) is 0.489. The first-order valence-corrected chi connectivity index (χ1v) is 13.3. The summed E-state index contributed by atoms with van der Waals surface area (Å²) in [5.41, 5.74) is 2.76. The average Bonchev–Trinajstić information content (AvgIpc) is 3.39. The predicted molar refractivity (Wildman–Crippen MR) is 136 cm³/mol. The van der Waals surface area contributed by atoms with Crippen molar-refractivity contribution in [1.29, 1.82) is 0 Å². The summed E-state index contributed by atoms with van der Waals surface area (Å²) in [7, 11) is 4.11.